The summed E-state index contributed by atoms with van der Waals surface area (Å²) >= 11 is 2.96. The normalized spacial score (nSPS) is 11.1. The molecule has 0 unspecified atom stereocenters. The van der Waals surface area contributed by atoms with Gasteiger partial charge in [-0.15, -0.1) is 11.3 Å². The SMILES string of the molecule is CCCc1sc2nc(SCc3cccc([N+](=O)[O-])c3)n(-c3ccc(OCC)cc3)c(=O)c2c1C. The van der Waals surface area contributed by atoms with Crippen molar-refractivity contribution in [3.05, 3.63) is 85.0 Å². The number of ether oxygens (including phenoxy) is 1. The largest absolute Gasteiger partial charge is 0.494 e. The second kappa shape index (κ2) is 10.4. The van der Waals surface area contributed by atoms with E-state index < -0.39 is 4.92 Å². The van der Waals surface area contributed by atoms with Crippen molar-refractivity contribution in [1.82, 2.24) is 9.55 Å². The lowest BCUT2D eigenvalue weighted by molar-refractivity contribution is -0.384. The van der Waals surface area contributed by atoms with Crippen LogP contribution in [-0.4, -0.2) is 21.1 Å². The molecule has 34 heavy (non-hydrogen) atoms. The molecule has 0 amide bonds. The number of benzene rings is 2. The van der Waals surface area contributed by atoms with Gasteiger partial charge >= 0.3 is 0 Å². The maximum absolute atomic E-state index is 13.7. The first kappa shape index (κ1) is 24.0. The molecule has 0 aliphatic heterocycles. The Bertz CT molecular complexity index is 1390. The molecule has 9 heteroatoms. The summed E-state index contributed by atoms with van der Waals surface area (Å²) < 4.78 is 7.19. The number of fused-ring (bicyclic) bond motifs is 1. The summed E-state index contributed by atoms with van der Waals surface area (Å²) in [6.07, 6.45) is 1.90. The number of nitrogens with zero attached hydrogens (tertiary/aromatic N) is 3. The summed E-state index contributed by atoms with van der Waals surface area (Å²) in [5.41, 5.74) is 2.43. The number of thioether (sulfide) groups is 1. The Hall–Kier alpha value is -3.17. The average molecular weight is 496 g/mol. The van der Waals surface area contributed by atoms with E-state index in [9.17, 15) is 14.9 Å². The molecule has 0 fully saturated rings. The van der Waals surface area contributed by atoms with Crippen molar-refractivity contribution in [3.8, 4) is 11.4 Å². The van der Waals surface area contributed by atoms with Gasteiger partial charge in [-0.2, -0.15) is 0 Å². The zero-order valence-corrected chi connectivity index (χ0v) is 20.9. The monoisotopic (exact) mass is 495 g/mol. The lowest BCUT2D eigenvalue weighted by Crippen LogP contribution is -2.21. The van der Waals surface area contributed by atoms with Gasteiger partial charge in [0, 0.05) is 22.8 Å². The predicted octanol–water partition coefficient (Wildman–Crippen LogP) is 6.31. The highest BCUT2D eigenvalue weighted by Crippen LogP contribution is 2.32. The van der Waals surface area contributed by atoms with Crippen LogP contribution in [0, 0.1) is 17.0 Å². The van der Waals surface area contributed by atoms with Crippen molar-refractivity contribution in [2.24, 2.45) is 0 Å². The number of aryl methyl sites for hydroxylation is 2. The molecule has 0 N–H and O–H groups in total. The Kier molecular flexibility index (Phi) is 7.33. The molecule has 7 nitrogen and oxygen atoms in total. The fraction of sp³-hybridized carbons (Fsp3) is 0.280. The van der Waals surface area contributed by atoms with E-state index in [2.05, 4.69) is 6.92 Å². The fourth-order valence-electron chi connectivity index (χ4n) is 3.77. The molecule has 0 saturated heterocycles. The first-order valence-electron chi connectivity index (χ1n) is 11.1. The molecule has 0 atom stereocenters. The molecule has 0 saturated carbocycles. The topological polar surface area (TPSA) is 87.3 Å². The van der Waals surface area contributed by atoms with Crippen molar-refractivity contribution in [2.45, 2.75) is 44.5 Å². The van der Waals surface area contributed by atoms with Crippen LogP contribution in [0.15, 0.2) is 58.5 Å². The minimum absolute atomic E-state index is 0.0449. The van der Waals surface area contributed by atoms with Crippen LogP contribution in [0.25, 0.3) is 15.9 Å². The molecular weight excluding hydrogens is 470 g/mol. The fourth-order valence-corrected chi connectivity index (χ4v) is 6.04. The molecule has 4 aromatic rings. The van der Waals surface area contributed by atoms with E-state index in [4.69, 9.17) is 9.72 Å². The van der Waals surface area contributed by atoms with Gasteiger partial charge in [0.15, 0.2) is 5.16 Å². The van der Waals surface area contributed by atoms with E-state index >= 15 is 0 Å². The third kappa shape index (κ3) is 4.85. The Morgan fingerprint density at radius 2 is 1.94 bits per heavy atom. The second-order valence-electron chi connectivity index (χ2n) is 7.76. The Labute approximate surface area is 205 Å². The number of nitro benzene ring substituents is 1. The van der Waals surface area contributed by atoms with Crippen LogP contribution in [0.3, 0.4) is 0 Å². The third-order valence-corrected chi connectivity index (χ3v) is 7.66. The molecule has 0 bridgehead atoms. The highest BCUT2D eigenvalue weighted by atomic mass is 32.2. The zero-order valence-electron chi connectivity index (χ0n) is 19.2. The van der Waals surface area contributed by atoms with Crippen molar-refractivity contribution >= 4 is 39.0 Å². The van der Waals surface area contributed by atoms with Crippen LogP contribution in [0.5, 0.6) is 5.75 Å². The molecule has 0 aliphatic carbocycles. The van der Waals surface area contributed by atoms with Crippen LogP contribution >= 0.6 is 23.1 Å². The summed E-state index contributed by atoms with van der Waals surface area (Å²) in [4.78, 5) is 31.3. The van der Waals surface area contributed by atoms with Crippen LogP contribution in [-0.2, 0) is 12.2 Å². The summed E-state index contributed by atoms with van der Waals surface area (Å²) in [5.74, 6) is 1.18. The number of aromatic nitrogens is 2. The summed E-state index contributed by atoms with van der Waals surface area (Å²) in [6.45, 7) is 6.60. The van der Waals surface area contributed by atoms with Crippen molar-refractivity contribution in [3.63, 3.8) is 0 Å². The van der Waals surface area contributed by atoms with Crippen molar-refractivity contribution < 1.29 is 9.66 Å². The number of non-ortho nitro benzene ring substituents is 1. The molecule has 0 radical (unpaired) electrons. The van der Waals surface area contributed by atoms with Gasteiger partial charge in [0.05, 0.1) is 22.6 Å². The minimum atomic E-state index is -0.405. The summed E-state index contributed by atoms with van der Waals surface area (Å²) in [7, 11) is 0. The Morgan fingerprint density at radius 3 is 2.62 bits per heavy atom. The van der Waals surface area contributed by atoms with Crippen LogP contribution in [0.2, 0.25) is 0 Å². The number of thiophene rings is 1. The molecule has 4 rings (SSSR count). The average Bonchev–Trinajstić information content (AvgIpc) is 3.14. The molecule has 2 aromatic heterocycles. The maximum atomic E-state index is 13.7. The molecule has 0 aliphatic rings. The van der Waals surface area contributed by atoms with Gasteiger partial charge in [-0.3, -0.25) is 19.5 Å². The van der Waals surface area contributed by atoms with Gasteiger partial charge in [-0.05, 0) is 55.7 Å². The van der Waals surface area contributed by atoms with Crippen LogP contribution in [0.1, 0.15) is 36.3 Å². The van der Waals surface area contributed by atoms with E-state index in [-0.39, 0.29) is 11.2 Å². The lowest BCUT2D eigenvalue weighted by Gasteiger charge is -2.13. The molecule has 2 heterocycles. The van der Waals surface area contributed by atoms with Crippen LogP contribution < -0.4 is 10.3 Å². The van der Waals surface area contributed by atoms with E-state index in [0.717, 1.165) is 34.5 Å². The zero-order chi connectivity index (χ0) is 24.2. The van der Waals surface area contributed by atoms with Crippen LogP contribution in [0.4, 0.5) is 5.69 Å². The van der Waals surface area contributed by atoms with E-state index in [1.165, 1.54) is 22.7 Å². The van der Waals surface area contributed by atoms with Gasteiger partial charge in [0.1, 0.15) is 10.6 Å². The smallest absolute Gasteiger partial charge is 0.269 e. The van der Waals surface area contributed by atoms with Crippen molar-refractivity contribution in [2.75, 3.05) is 6.61 Å². The molecular formula is C25H25N3O4S2. The Balaban J connectivity index is 1.81. The highest BCUT2D eigenvalue weighted by molar-refractivity contribution is 7.98. The van der Waals surface area contributed by atoms with E-state index in [1.54, 1.807) is 28.0 Å². The van der Waals surface area contributed by atoms with Gasteiger partial charge in [-0.25, -0.2) is 4.98 Å². The summed E-state index contributed by atoms with van der Waals surface area (Å²) in [6, 6.07) is 13.9. The molecule has 176 valence electrons. The second-order valence-corrected chi connectivity index (χ2v) is 9.78. The molecule has 0 spiro atoms. The number of rotatable bonds is 9. The highest BCUT2D eigenvalue weighted by Gasteiger charge is 2.19. The van der Waals surface area contributed by atoms with Gasteiger partial charge in [0.2, 0.25) is 0 Å². The number of nitro groups is 1. The lowest BCUT2D eigenvalue weighted by atomic mass is 10.1. The first-order valence-corrected chi connectivity index (χ1v) is 12.9. The van der Waals surface area contributed by atoms with Gasteiger partial charge in [-0.1, -0.05) is 37.2 Å². The van der Waals surface area contributed by atoms with E-state index in [0.29, 0.717) is 28.6 Å². The number of hydrogen-bond acceptors (Lipinski definition) is 7. The standard InChI is InChI=1S/C25H25N3O4S2/c1-4-7-21-16(3)22-23(34-21)26-25(33-15-17-8-6-9-19(14-17)28(30)31)27(24(22)29)18-10-12-20(13-11-18)32-5-2/h6,8-14H,4-5,7,15H2,1-3H3. The Morgan fingerprint density at radius 1 is 1.18 bits per heavy atom. The maximum Gasteiger partial charge on any atom is 0.269 e. The van der Waals surface area contributed by atoms with Gasteiger partial charge in [0.25, 0.3) is 11.2 Å². The predicted molar refractivity (Wildman–Crippen MR) is 138 cm³/mol. The summed E-state index contributed by atoms with van der Waals surface area (Å²) in [5, 5.41) is 12.4. The first-order chi connectivity index (χ1) is 16.4. The minimum Gasteiger partial charge on any atom is -0.494 e. The number of hydrogen-bond donors (Lipinski definition) is 0. The van der Waals surface area contributed by atoms with Crippen molar-refractivity contribution in [1.29, 1.82) is 0 Å². The quantitative estimate of drug-likeness (QED) is 0.117. The molecule has 2 aromatic carbocycles. The van der Waals surface area contributed by atoms with Gasteiger partial charge < -0.3 is 4.74 Å². The third-order valence-electron chi connectivity index (χ3n) is 5.40. The van der Waals surface area contributed by atoms with E-state index in [1.807, 2.05) is 44.2 Å².